The van der Waals surface area contributed by atoms with Gasteiger partial charge in [0, 0.05) is 17.0 Å². The van der Waals surface area contributed by atoms with E-state index < -0.39 is 0 Å². The summed E-state index contributed by atoms with van der Waals surface area (Å²) in [5.74, 6) is 0.390. The summed E-state index contributed by atoms with van der Waals surface area (Å²) in [6.07, 6.45) is 0.552. The van der Waals surface area contributed by atoms with E-state index in [4.69, 9.17) is 11.6 Å². The van der Waals surface area contributed by atoms with Crippen molar-refractivity contribution >= 4 is 17.3 Å². The van der Waals surface area contributed by atoms with Crippen LogP contribution in [0.1, 0.15) is 33.3 Å². The molecule has 1 aliphatic carbocycles. The molecule has 0 N–H and O–H groups in total. The zero-order chi connectivity index (χ0) is 14.4. The second kappa shape index (κ2) is 4.48. The van der Waals surface area contributed by atoms with Gasteiger partial charge in [-0.2, -0.15) is 0 Å². The highest BCUT2D eigenvalue weighted by Gasteiger charge is 2.66. The number of para-hydroxylation sites is 1. The third-order valence-electron chi connectivity index (χ3n) is 5.10. The molecule has 1 atom stereocenters. The average molecular weight is 282 g/mol. The molecule has 3 nitrogen and oxygen atoms in total. The van der Waals surface area contributed by atoms with Gasteiger partial charge in [0.05, 0.1) is 4.92 Å². The summed E-state index contributed by atoms with van der Waals surface area (Å²) in [6, 6.07) is 6.86. The molecular formula is C15H20ClNO2. The van der Waals surface area contributed by atoms with Gasteiger partial charge in [-0.05, 0) is 23.2 Å². The van der Waals surface area contributed by atoms with Crippen molar-refractivity contribution in [2.24, 2.45) is 16.7 Å². The maximum absolute atomic E-state index is 11.0. The molecule has 1 saturated carbocycles. The predicted molar refractivity (Wildman–Crippen MR) is 77.5 cm³/mol. The molecule has 0 amide bonds. The zero-order valence-corrected chi connectivity index (χ0v) is 12.6. The van der Waals surface area contributed by atoms with Gasteiger partial charge in [0.25, 0.3) is 5.69 Å². The Kier molecular flexibility index (Phi) is 3.38. The molecule has 1 aromatic rings. The number of nitro benzene ring substituents is 1. The van der Waals surface area contributed by atoms with Gasteiger partial charge >= 0.3 is 0 Å². The number of hydrogen-bond donors (Lipinski definition) is 0. The topological polar surface area (TPSA) is 43.1 Å². The van der Waals surface area contributed by atoms with Crippen molar-refractivity contribution in [3.8, 4) is 0 Å². The fourth-order valence-corrected chi connectivity index (χ4v) is 4.14. The minimum Gasteiger partial charge on any atom is -0.258 e. The third-order valence-corrected chi connectivity index (χ3v) is 5.50. The highest BCUT2D eigenvalue weighted by Crippen LogP contribution is 2.70. The SMILES string of the molecule is CC1(C)C(C(Cl)Cc2ccccc2[N+](=O)[O-])C1(C)C. The molecule has 104 valence electrons. The summed E-state index contributed by atoms with van der Waals surface area (Å²) < 4.78 is 0. The molecule has 1 aromatic carbocycles. The Bertz CT molecular complexity index is 497. The summed E-state index contributed by atoms with van der Waals surface area (Å²) >= 11 is 6.54. The molecule has 1 aliphatic rings. The third kappa shape index (κ3) is 2.25. The fraction of sp³-hybridized carbons (Fsp3) is 0.600. The van der Waals surface area contributed by atoms with Gasteiger partial charge in [0.15, 0.2) is 0 Å². The van der Waals surface area contributed by atoms with Crippen LogP contribution in [0.2, 0.25) is 0 Å². The monoisotopic (exact) mass is 281 g/mol. The van der Waals surface area contributed by atoms with Gasteiger partial charge in [-0.3, -0.25) is 10.1 Å². The Hall–Kier alpha value is -1.09. The summed E-state index contributed by atoms with van der Waals surface area (Å²) in [7, 11) is 0. The van der Waals surface area contributed by atoms with Crippen LogP contribution < -0.4 is 0 Å². The lowest BCUT2D eigenvalue weighted by molar-refractivity contribution is -0.385. The van der Waals surface area contributed by atoms with Crippen LogP contribution in [-0.4, -0.2) is 10.3 Å². The first-order valence-electron chi connectivity index (χ1n) is 6.56. The summed E-state index contributed by atoms with van der Waals surface area (Å²) in [5.41, 5.74) is 1.29. The standard InChI is InChI=1S/C15H20ClNO2/c1-14(2)13(15(14,3)4)11(16)9-10-7-5-6-8-12(10)17(18)19/h5-8,11,13H,9H2,1-4H3. The molecule has 0 aromatic heterocycles. The number of rotatable bonds is 4. The van der Waals surface area contributed by atoms with Crippen LogP contribution in [0.15, 0.2) is 24.3 Å². The Morgan fingerprint density at radius 2 is 1.79 bits per heavy atom. The van der Waals surface area contributed by atoms with Crippen LogP contribution in [0.25, 0.3) is 0 Å². The minimum absolute atomic E-state index is 0.0638. The highest BCUT2D eigenvalue weighted by atomic mass is 35.5. The van der Waals surface area contributed by atoms with Crippen molar-refractivity contribution in [1.82, 2.24) is 0 Å². The van der Waals surface area contributed by atoms with Crippen LogP contribution >= 0.6 is 11.6 Å². The average Bonchev–Trinajstić information content (AvgIpc) is 2.69. The zero-order valence-electron chi connectivity index (χ0n) is 11.8. The predicted octanol–water partition coefficient (Wildman–Crippen LogP) is 4.43. The Labute approximate surface area is 119 Å². The van der Waals surface area contributed by atoms with E-state index in [0.29, 0.717) is 12.3 Å². The van der Waals surface area contributed by atoms with E-state index in [9.17, 15) is 10.1 Å². The van der Waals surface area contributed by atoms with Crippen molar-refractivity contribution in [2.45, 2.75) is 39.5 Å². The fourth-order valence-electron chi connectivity index (χ4n) is 3.34. The molecule has 1 fully saturated rings. The number of benzene rings is 1. The van der Waals surface area contributed by atoms with E-state index >= 15 is 0 Å². The van der Waals surface area contributed by atoms with E-state index in [1.54, 1.807) is 18.2 Å². The number of nitrogens with zero attached hydrogens (tertiary/aromatic N) is 1. The molecule has 19 heavy (non-hydrogen) atoms. The molecule has 0 aliphatic heterocycles. The largest absolute Gasteiger partial charge is 0.272 e. The first-order chi connectivity index (χ1) is 8.69. The van der Waals surface area contributed by atoms with Crippen LogP contribution in [0.3, 0.4) is 0 Å². The van der Waals surface area contributed by atoms with Gasteiger partial charge in [0.1, 0.15) is 0 Å². The second-order valence-electron chi connectivity index (χ2n) is 6.53. The molecule has 4 heteroatoms. The first kappa shape index (κ1) is 14.3. The van der Waals surface area contributed by atoms with Crippen LogP contribution in [0.5, 0.6) is 0 Å². The Morgan fingerprint density at radius 1 is 1.26 bits per heavy atom. The molecule has 0 spiro atoms. The molecule has 0 heterocycles. The first-order valence-corrected chi connectivity index (χ1v) is 6.99. The Morgan fingerprint density at radius 3 is 2.26 bits per heavy atom. The van der Waals surface area contributed by atoms with Crippen molar-refractivity contribution in [3.63, 3.8) is 0 Å². The van der Waals surface area contributed by atoms with Crippen molar-refractivity contribution in [1.29, 1.82) is 0 Å². The minimum atomic E-state index is -0.331. The van der Waals surface area contributed by atoms with Gasteiger partial charge in [0.2, 0.25) is 0 Å². The lowest BCUT2D eigenvalue weighted by Gasteiger charge is -2.11. The second-order valence-corrected chi connectivity index (χ2v) is 7.09. The number of alkyl halides is 1. The Balaban J connectivity index is 2.18. The lowest BCUT2D eigenvalue weighted by Crippen LogP contribution is -2.12. The van der Waals surface area contributed by atoms with E-state index in [1.165, 1.54) is 0 Å². The number of halogens is 1. The number of nitro groups is 1. The van der Waals surface area contributed by atoms with Crippen molar-refractivity contribution in [3.05, 3.63) is 39.9 Å². The van der Waals surface area contributed by atoms with Gasteiger partial charge in [-0.1, -0.05) is 45.9 Å². The lowest BCUT2D eigenvalue weighted by atomic mass is 10.0. The van der Waals surface area contributed by atoms with Crippen LogP contribution in [0, 0.1) is 26.9 Å². The van der Waals surface area contributed by atoms with Crippen LogP contribution in [0.4, 0.5) is 5.69 Å². The van der Waals surface area contributed by atoms with Gasteiger partial charge in [-0.25, -0.2) is 0 Å². The van der Waals surface area contributed by atoms with Crippen LogP contribution in [-0.2, 0) is 6.42 Å². The van der Waals surface area contributed by atoms with Gasteiger partial charge < -0.3 is 0 Å². The summed E-state index contributed by atoms with van der Waals surface area (Å²) in [6.45, 7) is 8.86. The normalized spacial score (nSPS) is 21.9. The van der Waals surface area contributed by atoms with Crippen molar-refractivity contribution < 1.29 is 4.92 Å². The molecule has 1 unspecified atom stereocenters. The molecule has 0 bridgehead atoms. The molecular weight excluding hydrogens is 262 g/mol. The van der Waals surface area contributed by atoms with E-state index in [2.05, 4.69) is 27.7 Å². The summed E-state index contributed by atoms with van der Waals surface area (Å²) in [4.78, 5) is 10.7. The van der Waals surface area contributed by atoms with E-state index in [-0.39, 0.29) is 26.8 Å². The number of hydrogen-bond acceptors (Lipinski definition) is 2. The van der Waals surface area contributed by atoms with E-state index in [1.807, 2.05) is 6.07 Å². The molecule has 0 saturated heterocycles. The van der Waals surface area contributed by atoms with E-state index in [0.717, 1.165) is 5.56 Å². The van der Waals surface area contributed by atoms with Crippen molar-refractivity contribution in [2.75, 3.05) is 0 Å². The smallest absolute Gasteiger partial charge is 0.258 e. The summed E-state index contributed by atoms with van der Waals surface area (Å²) in [5, 5.41) is 10.9. The maximum Gasteiger partial charge on any atom is 0.272 e. The quantitative estimate of drug-likeness (QED) is 0.465. The molecule has 2 rings (SSSR count). The van der Waals surface area contributed by atoms with Gasteiger partial charge in [-0.15, -0.1) is 11.6 Å². The maximum atomic E-state index is 11.0. The highest BCUT2D eigenvalue weighted by molar-refractivity contribution is 6.21. The molecule has 0 radical (unpaired) electrons.